The van der Waals surface area contributed by atoms with Gasteiger partial charge in [-0.05, 0) is 24.5 Å². The van der Waals surface area contributed by atoms with Crippen LogP contribution in [0, 0.1) is 5.92 Å². The molecular formula is C15H20N4O2S. The van der Waals surface area contributed by atoms with Crippen LogP contribution in [0.4, 0.5) is 0 Å². The number of hydrogen-bond donors (Lipinski definition) is 1. The van der Waals surface area contributed by atoms with E-state index in [-0.39, 0.29) is 0 Å². The third-order valence-electron chi connectivity index (χ3n) is 3.67. The van der Waals surface area contributed by atoms with Crippen LogP contribution in [0.5, 0.6) is 5.75 Å². The number of nitrogens with zero attached hydrogens (tertiary/aromatic N) is 3. The van der Waals surface area contributed by atoms with E-state index >= 15 is 0 Å². The summed E-state index contributed by atoms with van der Waals surface area (Å²) in [5.41, 5.74) is 6.77. The van der Waals surface area contributed by atoms with Crippen molar-refractivity contribution < 1.29 is 9.47 Å². The summed E-state index contributed by atoms with van der Waals surface area (Å²) in [7, 11) is 1.66. The van der Waals surface area contributed by atoms with Gasteiger partial charge in [0.05, 0.1) is 25.9 Å². The second-order valence-electron chi connectivity index (χ2n) is 5.18. The molecule has 118 valence electrons. The molecule has 22 heavy (non-hydrogen) atoms. The first kappa shape index (κ1) is 15.3. The van der Waals surface area contributed by atoms with Crippen molar-refractivity contribution >= 4 is 11.8 Å². The summed E-state index contributed by atoms with van der Waals surface area (Å²) in [6, 6.07) is 7.84. The van der Waals surface area contributed by atoms with Crippen molar-refractivity contribution in [2.24, 2.45) is 11.7 Å². The Labute approximate surface area is 134 Å². The molecule has 0 spiro atoms. The van der Waals surface area contributed by atoms with Crippen molar-refractivity contribution in [3.05, 3.63) is 30.1 Å². The van der Waals surface area contributed by atoms with Crippen LogP contribution in [0.2, 0.25) is 0 Å². The highest BCUT2D eigenvalue weighted by Gasteiger charge is 2.19. The van der Waals surface area contributed by atoms with Gasteiger partial charge in [0.25, 0.3) is 0 Å². The number of benzene rings is 1. The van der Waals surface area contributed by atoms with E-state index in [9.17, 15) is 0 Å². The Morgan fingerprint density at radius 1 is 1.45 bits per heavy atom. The molecule has 7 heteroatoms. The average Bonchev–Trinajstić information content (AvgIpc) is 3.22. The van der Waals surface area contributed by atoms with E-state index in [0.29, 0.717) is 12.5 Å². The Kier molecular flexibility index (Phi) is 4.97. The summed E-state index contributed by atoms with van der Waals surface area (Å²) in [5, 5.41) is 9.36. The Bertz CT molecular complexity index is 626. The number of thioether (sulfide) groups is 1. The summed E-state index contributed by atoms with van der Waals surface area (Å²) < 4.78 is 12.7. The first-order chi connectivity index (χ1) is 10.8. The van der Waals surface area contributed by atoms with Crippen LogP contribution in [-0.4, -0.2) is 40.8 Å². The standard InChI is InChI=1S/C15H20N4O2S/c1-20-13-4-2-3-12(7-13)19-14(8-16)17-18-15(19)22-10-11-5-6-21-9-11/h2-4,7,11H,5-6,8-10,16H2,1H3. The fraction of sp³-hybridized carbons (Fsp3) is 0.467. The van der Waals surface area contributed by atoms with Gasteiger partial charge in [-0.3, -0.25) is 4.57 Å². The smallest absolute Gasteiger partial charge is 0.195 e. The predicted octanol–water partition coefficient (Wildman–Crippen LogP) is 1.86. The van der Waals surface area contributed by atoms with Crippen molar-refractivity contribution in [2.45, 2.75) is 18.1 Å². The second kappa shape index (κ2) is 7.13. The van der Waals surface area contributed by atoms with E-state index < -0.39 is 0 Å². The molecule has 6 nitrogen and oxygen atoms in total. The lowest BCUT2D eigenvalue weighted by molar-refractivity contribution is 0.189. The maximum Gasteiger partial charge on any atom is 0.195 e. The molecule has 1 unspecified atom stereocenters. The predicted molar refractivity (Wildman–Crippen MR) is 85.5 cm³/mol. The first-order valence-electron chi connectivity index (χ1n) is 7.31. The van der Waals surface area contributed by atoms with Gasteiger partial charge in [-0.25, -0.2) is 0 Å². The van der Waals surface area contributed by atoms with Gasteiger partial charge in [0.15, 0.2) is 11.0 Å². The van der Waals surface area contributed by atoms with Crippen LogP contribution >= 0.6 is 11.8 Å². The largest absolute Gasteiger partial charge is 0.497 e. The molecule has 1 fully saturated rings. The molecule has 1 saturated heterocycles. The monoisotopic (exact) mass is 320 g/mol. The molecule has 1 aliphatic heterocycles. The van der Waals surface area contributed by atoms with Crippen molar-refractivity contribution in [1.29, 1.82) is 0 Å². The van der Waals surface area contributed by atoms with E-state index in [0.717, 1.165) is 47.8 Å². The maximum atomic E-state index is 5.81. The van der Waals surface area contributed by atoms with Crippen LogP contribution in [0.3, 0.4) is 0 Å². The molecule has 1 aliphatic rings. The minimum Gasteiger partial charge on any atom is -0.497 e. The molecule has 1 aromatic heterocycles. The van der Waals surface area contributed by atoms with Crippen molar-refractivity contribution in [1.82, 2.24) is 14.8 Å². The first-order valence-corrected chi connectivity index (χ1v) is 8.29. The van der Waals surface area contributed by atoms with Crippen LogP contribution in [-0.2, 0) is 11.3 Å². The van der Waals surface area contributed by atoms with Crippen molar-refractivity contribution in [3.63, 3.8) is 0 Å². The summed E-state index contributed by atoms with van der Waals surface area (Å²) in [4.78, 5) is 0. The van der Waals surface area contributed by atoms with Gasteiger partial charge in [0, 0.05) is 18.4 Å². The van der Waals surface area contributed by atoms with E-state index in [2.05, 4.69) is 10.2 Å². The van der Waals surface area contributed by atoms with Crippen LogP contribution < -0.4 is 10.5 Å². The Morgan fingerprint density at radius 3 is 3.09 bits per heavy atom. The number of aromatic nitrogens is 3. The molecule has 2 aromatic rings. The summed E-state index contributed by atoms with van der Waals surface area (Å²) >= 11 is 1.70. The van der Waals surface area contributed by atoms with Gasteiger partial charge in [-0.1, -0.05) is 17.8 Å². The quantitative estimate of drug-likeness (QED) is 0.819. The zero-order chi connectivity index (χ0) is 15.4. The molecule has 0 amide bonds. The molecule has 0 bridgehead atoms. The van der Waals surface area contributed by atoms with Gasteiger partial charge in [-0.15, -0.1) is 10.2 Å². The van der Waals surface area contributed by atoms with Gasteiger partial charge in [0.1, 0.15) is 5.75 Å². The summed E-state index contributed by atoms with van der Waals surface area (Å²) in [6.07, 6.45) is 1.12. The molecular weight excluding hydrogens is 300 g/mol. The zero-order valence-corrected chi connectivity index (χ0v) is 13.4. The molecule has 0 aliphatic carbocycles. The van der Waals surface area contributed by atoms with E-state index in [1.54, 1.807) is 18.9 Å². The third-order valence-corrected chi connectivity index (χ3v) is 4.83. The summed E-state index contributed by atoms with van der Waals surface area (Å²) in [6.45, 7) is 2.04. The van der Waals surface area contributed by atoms with Crippen LogP contribution in [0.1, 0.15) is 12.2 Å². The van der Waals surface area contributed by atoms with E-state index in [1.165, 1.54) is 0 Å². The molecule has 0 saturated carbocycles. The molecule has 3 rings (SSSR count). The van der Waals surface area contributed by atoms with E-state index in [4.69, 9.17) is 15.2 Å². The average molecular weight is 320 g/mol. The lowest BCUT2D eigenvalue weighted by atomic mass is 10.2. The lowest BCUT2D eigenvalue weighted by Gasteiger charge is -2.11. The Balaban J connectivity index is 1.85. The van der Waals surface area contributed by atoms with Crippen LogP contribution in [0.15, 0.2) is 29.4 Å². The Hall–Kier alpha value is -1.57. The molecule has 0 radical (unpaired) electrons. The number of methoxy groups -OCH3 is 1. The summed E-state index contributed by atoms with van der Waals surface area (Å²) in [5.74, 6) is 3.11. The number of rotatable bonds is 6. The van der Waals surface area contributed by atoms with Gasteiger partial charge in [0.2, 0.25) is 0 Å². The second-order valence-corrected chi connectivity index (χ2v) is 6.17. The molecule has 2 heterocycles. The fourth-order valence-electron chi connectivity index (χ4n) is 2.44. The molecule has 1 aromatic carbocycles. The SMILES string of the molecule is COc1cccc(-n2c(CN)nnc2SCC2CCOC2)c1. The number of ether oxygens (including phenoxy) is 2. The minimum atomic E-state index is 0.345. The van der Waals surface area contributed by atoms with Crippen molar-refractivity contribution in [2.75, 3.05) is 26.1 Å². The topological polar surface area (TPSA) is 75.2 Å². The lowest BCUT2D eigenvalue weighted by Crippen LogP contribution is -2.09. The highest BCUT2D eigenvalue weighted by atomic mass is 32.2. The number of nitrogens with two attached hydrogens (primary N) is 1. The molecule has 2 N–H and O–H groups in total. The van der Waals surface area contributed by atoms with Gasteiger partial charge >= 0.3 is 0 Å². The normalized spacial score (nSPS) is 17.8. The van der Waals surface area contributed by atoms with Gasteiger partial charge < -0.3 is 15.2 Å². The van der Waals surface area contributed by atoms with Crippen LogP contribution in [0.25, 0.3) is 5.69 Å². The highest BCUT2D eigenvalue weighted by molar-refractivity contribution is 7.99. The minimum absolute atomic E-state index is 0.345. The van der Waals surface area contributed by atoms with Gasteiger partial charge in [-0.2, -0.15) is 0 Å². The Morgan fingerprint density at radius 2 is 2.36 bits per heavy atom. The third kappa shape index (κ3) is 3.26. The zero-order valence-electron chi connectivity index (χ0n) is 12.6. The van der Waals surface area contributed by atoms with Crippen molar-refractivity contribution in [3.8, 4) is 11.4 Å². The number of hydrogen-bond acceptors (Lipinski definition) is 6. The molecule has 1 atom stereocenters. The highest BCUT2D eigenvalue weighted by Crippen LogP contribution is 2.27. The fourth-order valence-corrected chi connectivity index (χ4v) is 3.53. The maximum absolute atomic E-state index is 5.81. The van der Waals surface area contributed by atoms with E-state index in [1.807, 2.05) is 28.8 Å².